The van der Waals surface area contributed by atoms with E-state index in [0.717, 1.165) is 4.47 Å². The van der Waals surface area contributed by atoms with E-state index in [0.29, 0.717) is 0 Å². The SMILES string of the molecule is Brc1ccccc1.FC(F)(F)OS. The maximum Gasteiger partial charge on any atom is 0.533 e. The van der Waals surface area contributed by atoms with Crippen molar-refractivity contribution in [3.63, 3.8) is 0 Å². The highest BCUT2D eigenvalue weighted by Crippen LogP contribution is 2.16. The molecule has 0 N–H and O–H groups in total. The topological polar surface area (TPSA) is 9.23 Å². The van der Waals surface area contributed by atoms with E-state index >= 15 is 0 Å². The molecule has 0 aliphatic rings. The van der Waals surface area contributed by atoms with Gasteiger partial charge in [0.25, 0.3) is 0 Å². The molecule has 0 bridgehead atoms. The molecule has 0 aromatic heterocycles. The van der Waals surface area contributed by atoms with Gasteiger partial charge in [0, 0.05) is 4.47 Å². The molecule has 0 aliphatic carbocycles. The summed E-state index contributed by atoms with van der Waals surface area (Å²) in [5, 5.41) is 0. The molecule has 0 atom stereocenters. The maximum absolute atomic E-state index is 10.5. The standard InChI is InChI=1S/C6H5Br.CHF3OS/c7-6-4-2-1-3-5-6;2-1(3,4)5-6/h1-5H;6H. The molecular formula is C7H6BrF3OS. The Hall–Kier alpha value is -0.200. The molecule has 74 valence electrons. The second-order valence-electron chi connectivity index (χ2n) is 1.83. The van der Waals surface area contributed by atoms with Crippen molar-refractivity contribution in [3.8, 4) is 0 Å². The number of hydrogen-bond donors (Lipinski definition) is 1. The molecule has 1 nitrogen and oxygen atoms in total. The lowest BCUT2D eigenvalue weighted by Gasteiger charge is -1.95. The second-order valence-corrected chi connectivity index (χ2v) is 2.93. The fraction of sp³-hybridized carbons (Fsp3) is 0.143. The molecule has 0 heterocycles. The Morgan fingerprint density at radius 3 is 1.69 bits per heavy atom. The summed E-state index contributed by atoms with van der Waals surface area (Å²) < 4.78 is 35.2. The Morgan fingerprint density at radius 2 is 1.54 bits per heavy atom. The van der Waals surface area contributed by atoms with Crippen LogP contribution in [0.2, 0.25) is 0 Å². The monoisotopic (exact) mass is 274 g/mol. The maximum atomic E-state index is 10.5. The van der Waals surface area contributed by atoms with Gasteiger partial charge in [0.15, 0.2) is 0 Å². The second kappa shape index (κ2) is 6.28. The summed E-state index contributed by atoms with van der Waals surface area (Å²) in [6, 6.07) is 9.97. The average Bonchev–Trinajstić information content (AvgIpc) is 2.06. The van der Waals surface area contributed by atoms with Crippen LogP contribution < -0.4 is 0 Å². The number of hydrogen-bond acceptors (Lipinski definition) is 2. The first kappa shape index (κ1) is 12.8. The number of rotatable bonds is 0. The van der Waals surface area contributed by atoms with E-state index in [1.807, 2.05) is 30.3 Å². The van der Waals surface area contributed by atoms with Gasteiger partial charge in [-0.2, -0.15) is 0 Å². The predicted molar refractivity (Wildman–Crippen MR) is 50.3 cm³/mol. The van der Waals surface area contributed by atoms with Crippen LogP contribution in [0.1, 0.15) is 0 Å². The third-order valence-electron chi connectivity index (χ3n) is 0.837. The minimum absolute atomic E-state index is 1.13. The first-order valence-electron chi connectivity index (χ1n) is 3.05. The van der Waals surface area contributed by atoms with Crippen LogP contribution in [0, 0.1) is 0 Å². The zero-order valence-electron chi connectivity index (χ0n) is 6.25. The van der Waals surface area contributed by atoms with Crippen molar-refractivity contribution in [3.05, 3.63) is 34.8 Å². The Bertz CT molecular complexity index is 227. The van der Waals surface area contributed by atoms with E-state index in [4.69, 9.17) is 0 Å². The molecule has 6 heteroatoms. The van der Waals surface area contributed by atoms with Crippen LogP contribution in [0.4, 0.5) is 13.2 Å². The van der Waals surface area contributed by atoms with Crippen LogP contribution in [-0.2, 0) is 4.18 Å². The third-order valence-corrected chi connectivity index (χ3v) is 1.57. The lowest BCUT2D eigenvalue weighted by Crippen LogP contribution is -2.04. The van der Waals surface area contributed by atoms with Crippen LogP contribution >= 0.6 is 28.8 Å². The largest absolute Gasteiger partial charge is 0.533 e. The summed E-state index contributed by atoms with van der Waals surface area (Å²) in [5.41, 5.74) is 0. The summed E-state index contributed by atoms with van der Waals surface area (Å²) in [5.74, 6) is 0. The molecule has 0 amide bonds. The molecule has 0 saturated heterocycles. The van der Waals surface area contributed by atoms with Gasteiger partial charge in [0.1, 0.15) is 0 Å². The van der Waals surface area contributed by atoms with E-state index in [2.05, 4.69) is 33.0 Å². The Morgan fingerprint density at radius 1 is 1.15 bits per heavy atom. The van der Waals surface area contributed by atoms with Crippen molar-refractivity contribution in [2.24, 2.45) is 0 Å². The zero-order valence-corrected chi connectivity index (χ0v) is 8.73. The first-order chi connectivity index (χ1) is 5.95. The molecular weight excluding hydrogens is 269 g/mol. The van der Waals surface area contributed by atoms with E-state index < -0.39 is 6.36 Å². The van der Waals surface area contributed by atoms with Gasteiger partial charge < -0.3 is 0 Å². The van der Waals surface area contributed by atoms with Crippen molar-refractivity contribution in [1.82, 2.24) is 0 Å². The van der Waals surface area contributed by atoms with Gasteiger partial charge in [0.05, 0.1) is 0 Å². The molecule has 0 spiro atoms. The smallest absolute Gasteiger partial charge is 0.223 e. The molecule has 0 saturated carbocycles. The highest BCUT2D eigenvalue weighted by atomic mass is 79.9. The molecule has 1 aromatic rings. The molecule has 0 unspecified atom stereocenters. The van der Waals surface area contributed by atoms with Crippen LogP contribution in [0.5, 0.6) is 0 Å². The van der Waals surface area contributed by atoms with Gasteiger partial charge in [-0.15, -0.1) is 13.2 Å². The van der Waals surface area contributed by atoms with Gasteiger partial charge in [-0.1, -0.05) is 34.1 Å². The Kier molecular flexibility index (Phi) is 6.19. The van der Waals surface area contributed by atoms with E-state index in [1.165, 1.54) is 0 Å². The van der Waals surface area contributed by atoms with Gasteiger partial charge in [-0.25, -0.2) is 4.18 Å². The lowest BCUT2D eigenvalue weighted by molar-refractivity contribution is -0.265. The molecule has 0 fully saturated rings. The van der Waals surface area contributed by atoms with Crippen molar-refractivity contribution in [2.45, 2.75) is 6.36 Å². The number of halogens is 4. The fourth-order valence-corrected chi connectivity index (χ4v) is 0.720. The van der Waals surface area contributed by atoms with Crippen LogP contribution in [0.3, 0.4) is 0 Å². The highest BCUT2D eigenvalue weighted by Gasteiger charge is 2.27. The normalized spacial score (nSPS) is 10.2. The van der Waals surface area contributed by atoms with Crippen molar-refractivity contribution < 1.29 is 17.4 Å². The molecule has 13 heavy (non-hydrogen) atoms. The van der Waals surface area contributed by atoms with Crippen LogP contribution in [0.15, 0.2) is 34.8 Å². The lowest BCUT2D eigenvalue weighted by atomic mass is 10.4. The van der Waals surface area contributed by atoms with Gasteiger partial charge >= 0.3 is 6.36 Å². The minimum atomic E-state index is -4.59. The fourth-order valence-electron chi connectivity index (χ4n) is 0.415. The average molecular weight is 275 g/mol. The summed E-state index contributed by atoms with van der Waals surface area (Å²) in [6.45, 7) is 0. The third kappa shape index (κ3) is 9.72. The van der Waals surface area contributed by atoms with Gasteiger partial charge in [-0.3, -0.25) is 0 Å². The minimum Gasteiger partial charge on any atom is -0.223 e. The van der Waals surface area contributed by atoms with Crippen LogP contribution in [0.25, 0.3) is 0 Å². The van der Waals surface area contributed by atoms with Gasteiger partial charge in [-0.05, 0) is 25.0 Å². The number of benzene rings is 1. The number of thiol groups is 1. The quantitative estimate of drug-likeness (QED) is 0.559. The Labute approximate surface area is 87.6 Å². The van der Waals surface area contributed by atoms with E-state index in [-0.39, 0.29) is 0 Å². The predicted octanol–water partition coefficient (Wildman–Crippen LogP) is 3.82. The Balaban J connectivity index is 0.000000226. The van der Waals surface area contributed by atoms with E-state index in [9.17, 15) is 13.2 Å². The van der Waals surface area contributed by atoms with Crippen LogP contribution in [-0.4, -0.2) is 6.36 Å². The highest BCUT2D eigenvalue weighted by molar-refractivity contribution is 9.10. The molecule has 0 aliphatic heterocycles. The molecule has 1 rings (SSSR count). The van der Waals surface area contributed by atoms with Crippen molar-refractivity contribution in [1.29, 1.82) is 0 Å². The molecule has 1 aromatic carbocycles. The summed E-state index contributed by atoms with van der Waals surface area (Å²) in [6.07, 6.45) is -4.59. The number of alkyl halides is 3. The van der Waals surface area contributed by atoms with Crippen molar-refractivity contribution >= 4 is 28.8 Å². The zero-order chi connectivity index (χ0) is 10.3. The summed E-state index contributed by atoms with van der Waals surface area (Å²) in [7, 11) is 0. The van der Waals surface area contributed by atoms with E-state index in [1.54, 1.807) is 0 Å². The molecule has 0 radical (unpaired) electrons. The summed E-state index contributed by atoms with van der Waals surface area (Å²) in [4.78, 5) is 0. The summed E-state index contributed by atoms with van der Waals surface area (Å²) >= 11 is 5.79. The first-order valence-corrected chi connectivity index (χ1v) is 4.21. The van der Waals surface area contributed by atoms with Crippen molar-refractivity contribution in [2.75, 3.05) is 0 Å². The van der Waals surface area contributed by atoms with Gasteiger partial charge in [0.2, 0.25) is 0 Å².